The Bertz CT molecular complexity index is 1210. The van der Waals surface area contributed by atoms with Crippen LogP contribution in [0.4, 0.5) is 16.3 Å². The van der Waals surface area contributed by atoms with E-state index in [2.05, 4.69) is 10.4 Å². The molecule has 1 aromatic heterocycles. The molecule has 3 rings (SSSR count). The second-order valence-corrected chi connectivity index (χ2v) is 7.26. The second-order valence-electron chi connectivity index (χ2n) is 5.58. The van der Waals surface area contributed by atoms with Gasteiger partial charge in [-0.3, -0.25) is 15.4 Å². The van der Waals surface area contributed by atoms with Crippen molar-refractivity contribution in [3.05, 3.63) is 76.5 Å². The molecule has 2 aromatic carbocycles. The first-order chi connectivity index (χ1) is 13.8. The largest absolute Gasteiger partial charge is 0.334 e. The van der Waals surface area contributed by atoms with E-state index in [4.69, 9.17) is 0 Å². The number of anilines is 1. The summed E-state index contributed by atoms with van der Waals surface area (Å²) in [4.78, 5) is 21.9. The van der Waals surface area contributed by atoms with Gasteiger partial charge in [-0.1, -0.05) is 18.2 Å². The predicted molar refractivity (Wildman–Crippen MR) is 101 cm³/mol. The molecule has 0 atom stereocenters. The number of hydrogen-bond acceptors (Lipinski definition) is 7. The molecule has 146 valence electrons. The summed E-state index contributed by atoms with van der Waals surface area (Å²) < 4.78 is 27.7. The van der Waals surface area contributed by atoms with Crippen molar-refractivity contribution >= 4 is 27.6 Å². The fourth-order valence-electron chi connectivity index (χ4n) is 2.38. The molecule has 29 heavy (non-hydrogen) atoms. The molecule has 0 radical (unpaired) electrons. The van der Waals surface area contributed by atoms with Crippen LogP contribution in [-0.2, 0) is 10.0 Å². The van der Waals surface area contributed by atoms with Crippen LogP contribution in [0.25, 0.3) is 5.69 Å². The molecular formula is C17H12N6O5S. The number of nitrogens with zero attached hydrogens (tertiary/aromatic N) is 4. The van der Waals surface area contributed by atoms with Crippen molar-refractivity contribution < 1.29 is 18.1 Å². The van der Waals surface area contributed by atoms with Crippen molar-refractivity contribution in [3.63, 3.8) is 0 Å². The molecule has 0 unspecified atom stereocenters. The van der Waals surface area contributed by atoms with Gasteiger partial charge in [0.05, 0.1) is 21.7 Å². The number of sulfonamides is 1. The van der Waals surface area contributed by atoms with Gasteiger partial charge in [-0.15, -0.1) is 0 Å². The van der Waals surface area contributed by atoms with Crippen LogP contribution < -0.4 is 10.0 Å². The molecular weight excluding hydrogens is 400 g/mol. The Morgan fingerprint density at radius 3 is 2.38 bits per heavy atom. The molecule has 0 fully saturated rings. The molecule has 1 heterocycles. The number of rotatable bonds is 5. The molecule has 0 aliphatic rings. The van der Waals surface area contributed by atoms with E-state index in [0.29, 0.717) is 5.69 Å². The highest BCUT2D eigenvalue weighted by atomic mass is 32.2. The van der Waals surface area contributed by atoms with Crippen molar-refractivity contribution in [3.8, 4) is 11.8 Å². The number of para-hydroxylation sites is 1. The number of benzene rings is 2. The number of amides is 2. The number of nitro groups is 1. The zero-order valence-corrected chi connectivity index (χ0v) is 15.3. The molecule has 11 nitrogen and oxygen atoms in total. The number of nitro benzene ring substituents is 1. The number of nitrogens with one attached hydrogen (secondary N) is 2. The van der Waals surface area contributed by atoms with E-state index < -0.39 is 21.0 Å². The highest BCUT2D eigenvalue weighted by molar-refractivity contribution is 7.90. The van der Waals surface area contributed by atoms with E-state index >= 15 is 0 Å². The summed E-state index contributed by atoms with van der Waals surface area (Å²) in [7, 11) is -4.30. The lowest BCUT2D eigenvalue weighted by molar-refractivity contribution is -0.384. The Hall–Kier alpha value is -4.24. The first-order valence-corrected chi connectivity index (χ1v) is 9.42. The van der Waals surface area contributed by atoms with Crippen LogP contribution >= 0.6 is 0 Å². The predicted octanol–water partition coefficient (Wildman–Crippen LogP) is 2.16. The van der Waals surface area contributed by atoms with Gasteiger partial charge in [0.25, 0.3) is 15.7 Å². The van der Waals surface area contributed by atoms with Crippen molar-refractivity contribution in [2.45, 2.75) is 4.90 Å². The Morgan fingerprint density at radius 2 is 1.79 bits per heavy atom. The van der Waals surface area contributed by atoms with Gasteiger partial charge in [0.1, 0.15) is 11.6 Å². The van der Waals surface area contributed by atoms with Crippen LogP contribution in [0.2, 0.25) is 0 Å². The molecule has 12 heteroatoms. The number of urea groups is 1. The number of non-ortho nitro benzene ring substituents is 1. The molecule has 0 saturated carbocycles. The minimum atomic E-state index is -4.30. The van der Waals surface area contributed by atoms with Gasteiger partial charge in [-0.2, -0.15) is 10.4 Å². The van der Waals surface area contributed by atoms with Gasteiger partial charge in [0.2, 0.25) is 0 Å². The van der Waals surface area contributed by atoms with E-state index in [1.165, 1.54) is 10.9 Å². The molecule has 0 spiro atoms. The van der Waals surface area contributed by atoms with Gasteiger partial charge >= 0.3 is 6.03 Å². The minimum absolute atomic E-state index is 0.0184. The normalized spacial score (nSPS) is 10.7. The molecule has 3 aromatic rings. The third-order valence-electron chi connectivity index (χ3n) is 3.71. The Labute approximate surface area is 164 Å². The van der Waals surface area contributed by atoms with Crippen molar-refractivity contribution in [1.29, 1.82) is 5.26 Å². The highest BCUT2D eigenvalue weighted by Gasteiger charge is 2.21. The third kappa shape index (κ3) is 4.20. The molecule has 0 saturated heterocycles. The molecule has 2 N–H and O–H groups in total. The lowest BCUT2D eigenvalue weighted by Crippen LogP contribution is -2.35. The Balaban J connectivity index is 1.83. The summed E-state index contributed by atoms with van der Waals surface area (Å²) in [5.74, 6) is -0.0184. The van der Waals surface area contributed by atoms with Crippen LogP contribution in [0.15, 0.2) is 65.7 Å². The van der Waals surface area contributed by atoms with Crippen LogP contribution in [0, 0.1) is 21.4 Å². The molecule has 0 aliphatic heterocycles. The number of carbonyl (C=O) groups is 1. The first-order valence-electron chi connectivity index (χ1n) is 7.93. The first kappa shape index (κ1) is 19.5. The van der Waals surface area contributed by atoms with E-state index in [1.54, 1.807) is 35.1 Å². The number of aromatic nitrogens is 2. The van der Waals surface area contributed by atoms with E-state index in [1.807, 2.05) is 6.07 Å². The second kappa shape index (κ2) is 7.79. The van der Waals surface area contributed by atoms with Crippen LogP contribution in [0.5, 0.6) is 0 Å². The number of carbonyl (C=O) groups excluding carboxylic acids is 1. The summed E-state index contributed by atoms with van der Waals surface area (Å²) in [6.07, 6.45) is 1.23. The van der Waals surface area contributed by atoms with Crippen LogP contribution in [0.3, 0.4) is 0 Å². The van der Waals surface area contributed by atoms with E-state index in [0.717, 1.165) is 24.3 Å². The SMILES string of the molecule is N#Cc1cnn(-c2ccccc2)c1NC(=O)NS(=O)(=O)c1ccc([N+](=O)[O-])cc1. The molecule has 2 amide bonds. The standard InChI is InChI=1S/C17H12N6O5S/c18-10-12-11-19-22(13-4-2-1-3-5-13)16(12)20-17(24)21-29(27,28)15-8-6-14(7-9-15)23(25)26/h1-9,11H,(H2,20,21,24). The zero-order chi connectivity index (χ0) is 21.0. The molecule has 0 bridgehead atoms. The van der Waals surface area contributed by atoms with E-state index in [-0.39, 0.29) is 22.0 Å². The Kier molecular flexibility index (Phi) is 5.24. The maximum atomic E-state index is 12.3. The maximum Gasteiger partial charge on any atom is 0.334 e. The van der Waals surface area contributed by atoms with Gasteiger partial charge < -0.3 is 0 Å². The van der Waals surface area contributed by atoms with E-state index in [9.17, 15) is 28.6 Å². The maximum absolute atomic E-state index is 12.3. The number of hydrogen-bond donors (Lipinski definition) is 2. The smallest absolute Gasteiger partial charge is 0.290 e. The van der Waals surface area contributed by atoms with Crippen LogP contribution in [-0.4, -0.2) is 29.2 Å². The quantitative estimate of drug-likeness (QED) is 0.479. The van der Waals surface area contributed by atoms with Gasteiger partial charge in [0, 0.05) is 12.1 Å². The average Bonchev–Trinajstić information content (AvgIpc) is 3.10. The fraction of sp³-hybridized carbons (Fsp3) is 0. The fourth-order valence-corrected chi connectivity index (χ4v) is 3.28. The monoisotopic (exact) mass is 412 g/mol. The van der Waals surface area contributed by atoms with Crippen LogP contribution in [0.1, 0.15) is 5.56 Å². The summed E-state index contributed by atoms with van der Waals surface area (Å²) in [5, 5.41) is 26.2. The molecule has 0 aliphatic carbocycles. The summed E-state index contributed by atoms with van der Waals surface area (Å²) in [6.45, 7) is 0. The summed E-state index contributed by atoms with van der Waals surface area (Å²) >= 11 is 0. The van der Waals surface area contributed by atoms with Crippen molar-refractivity contribution in [2.75, 3.05) is 5.32 Å². The summed E-state index contributed by atoms with van der Waals surface area (Å²) in [6, 6.07) is 13.4. The van der Waals surface area contributed by atoms with Crippen molar-refractivity contribution in [2.24, 2.45) is 0 Å². The van der Waals surface area contributed by atoms with Gasteiger partial charge in [-0.25, -0.2) is 22.6 Å². The van der Waals surface area contributed by atoms with Gasteiger partial charge in [-0.05, 0) is 24.3 Å². The summed E-state index contributed by atoms with van der Waals surface area (Å²) in [5.41, 5.74) is 0.276. The van der Waals surface area contributed by atoms with Crippen molar-refractivity contribution in [1.82, 2.24) is 14.5 Å². The minimum Gasteiger partial charge on any atom is -0.290 e. The highest BCUT2D eigenvalue weighted by Crippen LogP contribution is 2.20. The number of nitriles is 1. The third-order valence-corrected chi connectivity index (χ3v) is 5.05. The Morgan fingerprint density at radius 1 is 1.14 bits per heavy atom. The topological polar surface area (TPSA) is 160 Å². The lowest BCUT2D eigenvalue weighted by atomic mass is 10.3. The lowest BCUT2D eigenvalue weighted by Gasteiger charge is -2.11. The van der Waals surface area contributed by atoms with Gasteiger partial charge in [0.15, 0.2) is 5.82 Å². The average molecular weight is 412 g/mol. The zero-order valence-electron chi connectivity index (χ0n) is 14.5.